The Hall–Kier alpha value is -0.550. The van der Waals surface area contributed by atoms with Crippen molar-refractivity contribution >= 4 is 0 Å². The number of hydrogen-bond acceptors (Lipinski definition) is 2. The lowest BCUT2D eigenvalue weighted by atomic mass is 9.70. The monoisotopic (exact) mass is 361 g/mol. The lowest BCUT2D eigenvalue weighted by Crippen LogP contribution is -2.34. The Morgan fingerprint density at radius 2 is 1.42 bits per heavy atom. The second kappa shape index (κ2) is 12.0. The second-order valence-corrected chi connectivity index (χ2v) is 9.28. The van der Waals surface area contributed by atoms with Crippen LogP contribution in [0.25, 0.3) is 0 Å². The summed E-state index contributed by atoms with van der Waals surface area (Å²) in [6.45, 7) is 5.25. The Balaban J connectivity index is 1.63. The van der Waals surface area contributed by atoms with Crippen molar-refractivity contribution in [1.29, 1.82) is 5.26 Å². The average Bonchev–Trinajstić information content (AvgIpc) is 2.70. The highest BCUT2D eigenvalue weighted by Crippen LogP contribution is 2.41. The molecule has 2 heteroatoms. The Labute approximate surface area is 163 Å². The van der Waals surface area contributed by atoms with Crippen LogP contribution >= 0.6 is 0 Å². The molecule has 2 nitrogen and oxygen atoms in total. The molecule has 2 saturated carbocycles. The van der Waals surface area contributed by atoms with Gasteiger partial charge in [-0.15, -0.1) is 0 Å². The fourth-order valence-electron chi connectivity index (χ4n) is 5.02. The SMILES string of the molecule is CCCCCC[C@H]1CC[C@H](OC[C@]2(C#N)CC[C@H](CCCC)CC2)CC1. The van der Waals surface area contributed by atoms with Crippen molar-refractivity contribution in [1.82, 2.24) is 0 Å². The molecule has 2 fully saturated rings. The molecule has 0 heterocycles. The molecule has 0 aromatic carbocycles. The summed E-state index contributed by atoms with van der Waals surface area (Å²) in [6.07, 6.45) is 21.1. The van der Waals surface area contributed by atoms with E-state index in [9.17, 15) is 5.26 Å². The predicted molar refractivity (Wildman–Crippen MR) is 110 cm³/mol. The standard InChI is InChI=1S/C24H43NO/c1-3-5-7-8-10-21-11-13-23(14-12-21)26-20-24(19-25)17-15-22(16-18-24)9-6-4-2/h21-23H,3-18,20H2,1-2H3/t21-,22-,23-,24+. The first-order valence-corrected chi connectivity index (χ1v) is 11.7. The van der Waals surface area contributed by atoms with Gasteiger partial charge in [-0.1, -0.05) is 65.2 Å². The highest BCUT2D eigenvalue weighted by Gasteiger charge is 2.36. The fraction of sp³-hybridized carbons (Fsp3) is 0.958. The lowest BCUT2D eigenvalue weighted by molar-refractivity contribution is -0.0300. The summed E-state index contributed by atoms with van der Waals surface area (Å²) in [5.74, 6) is 1.80. The summed E-state index contributed by atoms with van der Waals surface area (Å²) in [6, 6.07) is 2.66. The number of nitrogens with zero attached hydrogens (tertiary/aromatic N) is 1. The number of ether oxygens (including phenoxy) is 1. The third kappa shape index (κ3) is 7.22. The van der Waals surface area contributed by atoms with Crippen molar-refractivity contribution in [3.05, 3.63) is 0 Å². The first-order chi connectivity index (χ1) is 12.7. The van der Waals surface area contributed by atoms with Gasteiger partial charge in [0.1, 0.15) is 0 Å². The molecule has 0 N–H and O–H groups in total. The molecule has 0 bridgehead atoms. The van der Waals surface area contributed by atoms with Crippen LogP contribution in [-0.4, -0.2) is 12.7 Å². The predicted octanol–water partition coefficient (Wildman–Crippen LogP) is 7.42. The van der Waals surface area contributed by atoms with E-state index < -0.39 is 0 Å². The number of unbranched alkanes of at least 4 members (excludes halogenated alkanes) is 4. The molecule has 2 rings (SSSR count). The van der Waals surface area contributed by atoms with Gasteiger partial charge < -0.3 is 4.74 Å². The van der Waals surface area contributed by atoms with E-state index in [2.05, 4.69) is 19.9 Å². The van der Waals surface area contributed by atoms with E-state index in [1.54, 1.807) is 0 Å². The van der Waals surface area contributed by atoms with E-state index in [-0.39, 0.29) is 5.41 Å². The van der Waals surface area contributed by atoms with E-state index in [1.807, 2.05) is 0 Å². The third-order valence-corrected chi connectivity index (χ3v) is 7.12. The maximum atomic E-state index is 9.79. The van der Waals surface area contributed by atoms with Gasteiger partial charge in [0.25, 0.3) is 0 Å². The largest absolute Gasteiger partial charge is 0.377 e. The fourth-order valence-corrected chi connectivity index (χ4v) is 5.02. The minimum absolute atomic E-state index is 0.181. The molecule has 26 heavy (non-hydrogen) atoms. The van der Waals surface area contributed by atoms with E-state index in [4.69, 9.17) is 4.74 Å². The molecule has 0 spiro atoms. The van der Waals surface area contributed by atoms with Crippen LogP contribution in [0.4, 0.5) is 0 Å². The number of nitriles is 1. The molecule has 0 atom stereocenters. The molecule has 0 aromatic rings. The zero-order valence-electron chi connectivity index (χ0n) is 17.6. The first kappa shape index (κ1) is 21.7. The number of hydrogen-bond donors (Lipinski definition) is 0. The summed E-state index contributed by atoms with van der Waals surface area (Å²) in [5.41, 5.74) is -0.181. The van der Waals surface area contributed by atoms with Gasteiger partial charge in [-0.2, -0.15) is 5.26 Å². The zero-order valence-corrected chi connectivity index (χ0v) is 17.6. The molecule has 2 aliphatic carbocycles. The first-order valence-electron chi connectivity index (χ1n) is 11.7. The van der Waals surface area contributed by atoms with Crippen LogP contribution in [0.15, 0.2) is 0 Å². The molecular weight excluding hydrogens is 318 g/mol. The Morgan fingerprint density at radius 1 is 0.808 bits per heavy atom. The highest BCUT2D eigenvalue weighted by atomic mass is 16.5. The van der Waals surface area contributed by atoms with E-state index >= 15 is 0 Å². The Kier molecular flexibility index (Phi) is 10.1. The van der Waals surface area contributed by atoms with Crippen LogP contribution in [0.3, 0.4) is 0 Å². The summed E-state index contributed by atoms with van der Waals surface area (Å²) >= 11 is 0. The Bertz CT molecular complexity index is 397. The van der Waals surface area contributed by atoms with Gasteiger partial charge in [-0.05, 0) is 63.2 Å². The van der Waals surface area contributed by atoms with Crippen LogP contribution < -0.4 is 0 Å². The molecule has 0 radical (unpaired) electrons. The normalized spacial score (nSPS) is 32.3. The van der Waals surface area contributed by atoms with Gasteiger partial charge in [0.05, 0.1) is 24.2 Å². The highest BCUT2D eigenvalue weighted by molar-refractivity contribution is 5.02. The molecule has 0 saturated heterocycles. The maximum absolute atomic E-state index is 9.79. The molecule has 0 aromatic heterocycles. The maximum Gasteiger partial charge on any atom is 0.0807 e. The zero-order chi connectivity index (χ0) is 18.7. The van der Waals surface area contributed by atoms with Gasteiger partial charge in [-0.3, -0.25) is 0 Å². The van der Waals surface area contributed by atoms with Crippen LogP contribution in [0.2, 0.25) is 0 Å². The van der Waals surface area contributed by atoms with Crippen molar-refractivity contribution in [2.24, 2.45) is 17.3 Å². The Morgan fingerprint density at radius 3 is 2.04 bits per heavy atom. The van der Waals surface area contributed by atoms with Crippen LogP contribution in [0.1, 0.15) is 117 Å². The molecular formula is C24H43NO. The minimum atomic E-state index is -0.181. The van der Waals surface area contributed by atoms with E-state index in [0.29, 0.717) is 12.7 Å². The summed E-state index contributed by atoms with van der Waals surface area (Å²) in [5, 5.41) is 9.79. The molecule has 0 aliphatic heterocycles. The van der Waals surface area contributed by atoms with E-state index in [1.165, 1.54) is 89.9 Å². The molecule has 2 aliphatic rings. The average molecular weight is 362 g/mol. The molecule has 0 unspecified atom stereocenters. The van der Waals surface area contributed by atoms with Gasteiger partial charge in [0.15, 0.2) is 0 Å². The summed E-state index contributed by atoms with van der Waals surface area (Å²) in [7, 11) is 0. The van der Waals surface area contributed by atoms with Crippen LogP contribution in [0.5, 0.6) is 0 Å². The summed E-state index contributed by atoms with van der Waals surface area (Å²) < 4.78 is 6.30. The molecule has 0 amide bonds. The summed E-state index contributed by atoms with van der Waals surface area (Å²) in [4.78, 5) is 0. The van der Waals surface area contributed by atoms with Crippen molar-refractivity contribution in [2.75, 3.05) is 6.61 Å². The van der Waals surface area contributed by atoms with Crippen LogP contribution in [0, 0.1) is 28.6 Å². The third-order valence-electron chi connectivity index (χ3n) is 7.12. The smallest absolute Gasteiger partial charge is 0.0807 e. The van der Waals surface area contributed by atoms with Gasteiger partial charge >= 0.3 is 0 Å². The van der Waals surface area contributed by atoms with E-state index in [0.717, 1.165) is 24.7 Å². The van der Waals surface area contributed by atoms with Crippen molar-refractivity contribution in [3.8, 4) is 6.07 Å². The molecule has 150 valence electrons. The topological polar surface area (TPSA) is 33.0 Å². The quantitative estimate of drug-likeness (QED) is 0.359. The van der Waals surface area contributed by atoms with Gasteiger partial charge in [-0.25, -0.2) is 0 Å². The van der Waals surface area contributed by atoms with Gasteiger partial charge in [0, 0.05) is 0 Å². The lowest BCUT2D eigenvalue weighted by Gasteiger charge is -2.37. The number of rotatable bonds is 11. The van der Waals surface area contributed by atoms with Gasteiger partial charge in [0.2, 0.25) is 0 Å². The second-order valence-electron chi connectivity index (χ2n) is 9.28. The van der Waals surface area contributed by atoms with Crippen molar-refractivity contribution < 1.29 is 4.74 Å². The minimum Gasteiger partial charge on any atom is -0.377 e. The van der Waals surface area contributed by atoms with Crippen molar-refractivity contribution in [2.45, 2.75) is 123 Å². The van der Waals surface area contributed by atoms with Crippen LogP contribution in [-0.2, 0) is 4.74 Å². The van der Waals surface area contributed by atoms with Crippen molar-refractivity contribution in [3.63, 3.8) is 0 Å².